The predicted octanol–water partition coefficient (Wildman–Crippen LogP) is 4.15. The van der Waals surface area contributed by atoms with Crippen LogP contribution in [0.15, 0.2) is 84.9 Å². The molecule has 0 bridgehead atoms. The Bertz CT molecular complexity index is 861. The molecule has 1 amide bonds. The Kier molecular flexibility index (Phi) is 5.22. The molecule has 3 aromatic rings. The summed E-state index contributed by atoms with van der Waals surface area (Å²) in [5, 5.41) is 2.68. The van der Waals surface area contributed by atoms with E-state index >= 15 is 0 Å². The van der Waals surface area contributed by atoms with Crippen LogP contribution in [0.2, 0.25) is 0 Å². The van der Waals surface area contributed by atoms with Crippen molar-refractivity contribution in [3.8, 4) is 11.1 Å². The first-order valence-corrected chi connectivity index (χ1v) is 7.90. The van der Waals surface area contributed by atoms with E-state index in [0.29, 0.717) is 11.3 Å². The van der Waals surface area contributed by atoms with Gasteiger partial charge in [0.05, 0.1) is 5.56 Å². The third-order valence-electron chi connectivity index (χ3n) is 3.62. The number of anilines is 1. The monoisotopic (exact) mass is 331 g/mol. The molecule has 0 aromatic heterocycles. The minimum atomic E-state index is -0.525. The van der Waals surface area contributed by atoms with Crippen LogP contribution in [0.4, 0.5) is 5.69 Å². The second kappa shape index (κ2) is 7.93. The average Bonchev–Trinajstić information content (AvgIpc) is 2.67. The lowest BCUT2D eigenvalue weighted by Crippen LogP contribution is -2.21. The van der Waals surface area contributed by atoms with Crippen LogP contribution >= 0.6 is 0 Å². The SMILES string of the molecule is O=C(COC(=O)c1ccccc1-c1ccccc1)Nc1ccccc1. The topological polar surface area (TPSA) is 55.4 Å². The molecule has 0 saturated heterocycles. The van der Waals surface area contributed by atoms with Crippen LogP contribution in [-0.4, -0.2) is 18.5 Å². The maximum atomic E-state index is 12.4. The third-order valence-corrected chi connectivity index (χ3v) is 3.62. The summed E-state index contributed by atoms with van der Waals surface area (Å²) < 4.78 is 5.17. The van der Waals surface area contributed by atoms with Gasteiger partial charge in [-0.3, -0.25) is 4.79 Å². The molecule has 124 valence electrons. The van der Waals surface area contributed by atoms with Gasteiger partial charge in [0.25, 0.3) is 5.91 Å². The van der Waals surface area contributed by atoms with Crippen molar-refractivity contribution in [1.82, 2.24) is 0 Å². The highest BCUT2D eigenvalue weighted by atomic mass is 16.5. The van der Waals surface area contributed by atoms with Gasteiger partial charge in [0.15, 0.2) is 6.61 Å². The Morgan fingerprint density at radius 3 is 2.08 bits per heavy atom. The molecular formula is C21H17NO3. The van der Waals surface area contributed by atoms with Crippen LogP contribution in [0.5, 0.6) is 0 Å². The van der Waals surface area contributed by atoms with Crippen molar-refractivity contribution in [3.63, 3.8) is 0 Å². The zero-order valence-corrected chi connectivity index (χ0v) is 13.5. The van der Waals surface area contributed by atoms with Crippen molar-refractivity contribution in [3.05, 3.63) is 90.5 Å². The Morgan fingerprint density at radius 2 is 1.36 bits per heavy atom. The molecule has 0 spiro atoms. The van der Waals surface area contributed by atoms with Gasteiger partial charge in [-0.15, -0.1) is 0 Å². The lowest BCUT2D eigenvalue weighted by molar-refractivity contribution is -0.119. The number of hydrogen-bond acceptors (Lipinski definition) is 3. The normalized spacial score (nSPS) is 10.1. The number of nitrogens with one attached hydrogen (secondary N) is 1. The van der Waals surface area contributed by atoms with Gasteiger partial charge in [-0.2, -0.15) is 0 Å². The molecule has 0 aliphatic rings. The number of carbonyl (C=O) groups excluding carboxylic acids is 2. The fourth-order valence-electron chi connectivity index (χ4n) is 2.46. The Morgan fingerprint density at radius 1 is 0.760 bits per heavy atom. The molecule has 0 saturated carbocycles. The van der Waals surface area contributed by atoms with E-state index in [-0.39, 0.29) is 12.5 Å². The molecule has 0 fully saturated rings. The molecule has 1 N–H and O–H groups in total. The van der Waals surface area contributed by atoms with Gasteiger partial charge in [0, 0.05) is 5.69 Å². The summed E-state index contributed by atoms with van der Waals surface area (Å²) in [6.07, 6.45) is 0. The van der Waals surface area contributed by atoms with Crippen LogP contribution in [0.25, 0.3) is 11.1 Å². The summed E-state index contributed by atoms with van der Waals surface area (Å²) in [6, 6.07) is 25.8. The summed E-state index contributed by atoms with van der Waals surface area (Å²) in [7, 11) is 0. The standard InChI is InChI=1S/C21H17NO3/c23-20(22-17-11-5-2-6-12-17)15-25-21(24)19-14-8-7-13-18(19)16-9-3-1-4-10-16/h1-14H,15H2,(H,22,23). The summed E-state index contributed by atoms with van der Waals surface area (Å²) >= 11 is 0. The fraction of sp³-hybridized carbons (Fsp3) is 0.0476. The van der Waals surface area contributed by atoms with Crippen molar-refractivity contribution >= 4 is 17.6 Å². The first-order chi connectivity index (χ1) is 12.2. The number of amides is 1. The molecule has 3 rings (SSSR count). The number of esters is 1. The van der Waals surface area contributed by atoms with E-state index in [1.165, 1.54) is 0 Å². The van der Waals surface area contributed by atoms with E-state index in [0.717, 1.165) is 11.1 Å². The molecule has 0 atom stereocenters. The number of hydrogen-bond donors (Lipinski definition) is 1. The lowest BCUT2D eigenvalue weighted by atomic mass is 10.00. The van der Waals surface area contributed by atoms with E-state index in [4.69, 9.17) is 4.74 Å². The zero-order chi connectivity index (χ0) is 17.5. The largest absolute Gasteiger partial charge is 0.452 e. The minimum absolute atomic E-state index is 0.336. The van der Waals surface area contributed by atoms with Crippen molar-refractivity contribution in [1.29, 1.82) is 0 Å². The minimum Gasteiger partial charge on any atom is -0.452 e. The summed E-state index contributed by atoms with van der Waals surface area (Å²) in [5.41, 5.74) is 2.79. The van der Waals surface area contributed by atoms with Gasteiger partial charge < -0.3 is 10.1 Å². The van der Waals surface area contributed by atoms with E-state index in [2.05, 4.69) is 5.32 Å². The molecule has 0 unspecified atom stereocenters. The van der Waals surface area contributed by atoms with Gasteiger partial charge >= 0.3 is 5.97 Å². The maximum Gasteiger partial charge on any atom is 0.339 e. The zero-order valence-electron chi connectivity index (χ0n) is 13.5. The molecule has 0 aliphatic heterocycles. The highest BCUT2D eigenvalue weighted by Gasteiger charge is 2.15. The van der Waals surface area contributed by atoms with Crippen molar-refractivity contribution < 1.29 is 14.3 Å². The van der Waals surface area contributed by atoms with Gasteiger partial charge in [-0.1, -0.05) is 66.7 Å². The fourth-order valence-corrected chi connectivity index (χ4v) is 2.46. The smallest absolute Gasteiger partial charge is 0.339 e. The number of carbonyl (C=O) groups is 2. The number of ether oxygens (including phenoxy) is 1. The molecule has 0 radical (unpaired) electrons. The predicted molar refractivity (Wildman–Crippen MR) is 97.2 cm³/mol. The maximum absolute atomic E-state index is 12.4. The second-order valence-corrected chi connectivity index (χ2v) is 5.40. The van der Waals surface area contributed by atoms with Gasteiger partial charge in [0.2, 0.25) is 0 Å². The van der Waals surface area contributed by atoms with Crippen LogP contribution < -0.4 is 5.32 Å². The summed E-state index contributed by atoms with van der Waals surface area (Å²) in [6.45, 7) is -0.336. The Balaban J connectivity index is 1.67. The highest BCUT2D eigenvalue weighted by Crippen LogP contribution is 2.23. The Hall–Kier alpha value is -3.40. The van der Waals surface area contributed by atoms with Gasteiger partial charge in [-0.05, 0) is 29.3 Å². The molecule has 4 nitrogen and oxygen atoms in total. The second-order valence-electron chi connectivity index (χ2n) is 5.40. The van der Waals surface area contributed by atoms with Crippen LogP contribution in [0, 0.1) is 0 Å². The van der Waals surface area contributed by atoms with E-state index in [1.807, 2.05) is 60.7 Å². The van der Waals surface area contributed by atoms with Crippen LogP contribution in [0.1, 0.15) is 10.4 Å². The third kappa shape index (κ3) is 4.32. The Labute approximate surface area is 146 Å². The van der Waals surface area contributed by atoms with Crippen molar-refractivity contribution in [2.24, 2.45) is 0 Å². The van der Waals surface area contributed by atoms with Crippen molar-refractivity contribution in [2.45, 2.75) is 0 Å². The van der Waals surface area contributed by atoms with Crippen LogP contribution in [0.3, 0.4) is 0 Å². The lowest BCUT2D eigenvalue weighted by Gasteiger charge is -2.10. The molecule has 0 heterocycles. The average molecular weight is 331 g/mol. The first-order valence-electron chi connectivity index (χ1n) is 7.90. The molecule has 0 aliphatic carbocycles. The van der Waals surface area contributed by atoms with E-state index in [9.17, 15) is 9.59 Å². The summed E-state index contributed by atoms with van der Waals surface area (Å²) in [5.74, 6) is -0.903. The van der Waals surface area contributed by atoms with Gasteiger partial charge in [-0.25, -0.2) is 4.79 Å². The first kappa shape index (κ1) is 16.5. The molecule has 4 heteroatoms. The highest BCUT2D eigenvalue weighted by molar-refractivity contribution is 5.99. The molecule has 25 heavy (non-hydrogen) atoms. The number of para-hydroxylation sites is 1. The van der Waals surface area contributed by atoms with Crippen LogP contribution in [-0.2, 0) is 9.53 Å². The van der Waals surface area contributed by atoms with E-state index < -0.39 is 5.97 Å². The quantitative estimate of drug-likeness (QED) is 0.715. The number of benzene rings is 3. The molecule has 3 aromatic carbocycles. The van der Waals surface area contributed by atoms with Crippen molar-refractivity contribution in [2.75, 3.05) is 11.9 Å². The number of rotatable bonds is 5. The summed E-state index contributed by atoms with van der Waals surface area (Å²) in [4.78, 5) is 24.3. The molecular weight excluding hydrogens is 314 g/mol. The van der Waals surface area contributed by atoms with E-state index in [1.54, 1.807) is 24.3 Å². The van der Waals surface area contributed by atoms with Gasteiger partial charge in [0.1, 0.15) is 0 Å².